The molecule has 0 atom stereocenters. The largest absolute Gasteiger partial charge is 0.505 e. The van der Waals surface area contributed by atoms with Crippen LogP contribution in [0.15, 0.2) is 70.6 Å². The number of benzene rings is 2. The van der Waals surface area contributed by atoms with Gasteiger partial charge < -0.3 is 9.94 Å². The van der Waals surface area contributed by atoms with E-state index in [-0.39, 0.29) is 17.9 Å². The van der Waals surface area contributed by atoms with E-state index in [0.29, 0.717) is 23.4 Å². The fourth-order valence-electron chi connectivity index (χ4n) is 2.72. The molecule has 1 aromatic heterocycles. The fourth-order valence-corrected chi connectivity index (χ4v) is 2.72. The molecule has 0 fully saturated rings. The van der Waals surface area contributed by atoms with Crippen molar-refractivity contribution in [3.8, 4) is 17.0 Å². The van der Waals surface area contributed by atoms with Gasteiger partial charge >= 0.3 is 0 Å². The lowest BCUT2D eigenvalue weighted by molar-refractivity contribution is 0.130. The number of oxime groups is 1. The molecule has 1 heterocycles. The molecule has 3 rings (SSSR count). The molecule has 0 aliphatic heterocycles. The van der Waals surface area contributed by atoms with Crippen LogP contribution in [-0.2, 0) is 18.5 Å². The number of rotatable bonds is 6. The average Bonchev–Trinajstić information content (AvgIpc) is 2.71. The molecule has 0 aliphatic rings. The maximum Gasteiger partial charge on any atom is 0.279 e. The van der Waals surface area contributed by atoms with Gasteiger partial charge in [-0.1, -0.05) is 72.7 Å². The first-order chi connectivity index (χ1) is 13.1. The van der Waals surface area contributed by atoms with E-state index in [1.807, 2.05) is 67.6 Å². The predicted molar refractivity (Wildman–Crippen MR) is 105 cm³/mol. The number of aromatic nitrogens is 2. The summed E-state index contributed by atoms with van der Waals surface area (Å²) in [4.78, 5) is 18.0. The molecule has 0 radical (unpaired) electrons. The fraction of sp³-hybridized carbons (Fsp3) is 0.190. The molecule has 2 aromatic carbocycles. The highest BCUT2D eigenvalue weighted by Crippen LogP contribution is 2.28. The zero-order chi connectivity index (χ0) is 19.2. The summed E-state index contributed by atoms with van der Waals surface area (Å²) in [5.74, 6) is -0.187. The van der Waals surface area contributed by atoms with Crippen LogP contribution in [-0.4, -0.2) is 20.6 Å². The van der Waals surface area contributed by atoms with Crippen molar-refractivity contribution in [2.24, 2.45) is 12.2 Å². The van der Waals surface area contributed by atoms with Gasteiger partial charge in [-0.05, 0) is 12.0 Å². The Balaban J connectivity index is 1.99. The SMILES string of the molecule is CC/C(=N\OCc1ccccc1)c1c(O)c(-c2ccccc2)nn(C)c1=O. The summed E-state index contributed by atoms with van der Waals surface area (Å²) in [6.07, 6.45) is 0.426. The maximum absolute atomic E-state index is 12.6. The number of hydrogen-bond acceptors (Lipinski definition) is 5. The minimum Gasteiger partial charge on any atom is -0.505 e. The van der Waals surface area contributed by atoms with Gasteiger partial charge in [0.05, 0.1) is 5.71 Å². The molecule has 1 N–H and O–H groups in total. The van der Waals surface area contributed by atoms with Crippen LogP contribution in [0.25, 0.3) is 11.3 Å². The standard InChI is InChI=1S/C21H21N3O3/c1-3-17(23-27-14-15-10-6-4-7-11-15)18-20(25)19(22-24(2)21(18)26)16-12-8-5-9-13-16/h4-13,25H,3,14H2,1-2H3/b23-17+. The van der Waals surface area contributed by atoms with Gasteiger partial charge in [-0.25, -0.2) is 4.68 Å². The first kappa shape index (κ1) is 18.4. The normalized spacial score (nSPS) is 11.4. The maximum atomic E-state index is 12.6. The molecule has 27 heavy (non-hydrogen) atoms. The minimum atomic E-state index is -0.420. The Morgan fingerprint density at radius 2 is 1.74 bits per heavy atom. The van der Waals surface area contributed by atoms with Crippen LogP contribution in [0.5, 0.6) is 5.75 Å². The summed E-state index contributed by atoms with van der Waals surface area (Å²) in [5.41, 5.74) is 2.08. The molecule has 0 amide bonds. The first-order valence-electron chi connectivity index (χ1n) is 8.70. The van der Waals surface area contributed by atoms with E-state index in [0.717, 1.165) is 5.56 Å². The third-order valence-electron chi connectivity index (χ3n) is 4.14. The van der Waals surface area contributed by atoms with Crippen molar-refractivity contribution in [3.05, 3.63) is 82.1 Å². The van der Waals surface area contributed by atoms with Gasteiger partial charge in [0.2, 0.25) is 0 Å². The lowest BCUT2D eigenvalue weighted by atomic mass is 10.0. The average molecular weight is 363 g/mol. The number of nitrogens with zero attached hydrogens (tertiary/aromatic N) is 3. The van der Waals surface area contributed by atoms with Gasteiger partial charge in [0.25, 0.3) is 5.56 Å². The molecule has 0 bridgehead atoms. The Morgan fingerprint density at radius 3 is 2.37 bits per heavy atom. The highest BCUT2D eigenvalue weighted by atomic mass is 16.6. The van der Waals surface area contributed by atoms with Crippen LogP contribution in [0.2, 0.25) is 0 Å². The van der Waals surface area contributed by atoms with Crippen molar-refractivity contribution < 1.29 is 9.94 Å². The quantitative estimate of drug-likeness (QED) is 0.537. The Hall–Kier alpha value is -3.41. The minimum absolute atomic E-state index is 0.113. The summed E-state index contributed by atoms with van der Waals surface area (Å²) in [6.45, 7) is 2.13. The molecular weight excluding hydrogens is 342 g/mol. The Bertz CT molecular complexity index is 996. The predicted octanol–water partition coefficient (Wildman–Crippen LogP) is 3.48. The topological polar surface area (TPSA) is 76.7 Å². The molecule has 138 valence electrons. The monoisotopic (exact) mass is 363 g/mol. The van der Waals surface area contributed by atoms with Crippen LogP contribution < -0.4 is 5.56 Å². The first-order valence-corrected chi connectivity index (χ1v) is 8.70. The van der Waals surface area contributed by atoms with Crippen LogP contribution in [0, 0.1) is 0 Å². The third kappa shape index (κ3) is 4.06. The molecule has 3 aromatic rings. The highest BCUT2D eigenvalue weighted by Gasteiger charge is 2.21. The van der Waals surface area contributed by atoms with Crippen LogP contribution >= 0.6 is 0 Å². The van der Waals surface area contributed by atoms with Crippen molar-refractivity contribution >= 4 is 5.71 Å². The van der Waals surface area contributed by atoms with Crippen LogP contribution in [0.3, 0.4) is 0 Å². The zero-order valence-electron chi connectivity index (χ0n) is 15.3. The smallest absolute Gasteiger partial charge is 0.279 e. The molecule has 0 spiro atoms. The molecule has 6 nitrogen and oxygen atoms in total. The third-order valence-corrected chi connectivity index (χ3v) is 4.14. The summed E-state index contributed by atoms with van der Waals surface area (Å²) in [7, 11) is 1.55. The van der Waals surface area contributed by atoms with Crippen LogP contribution in [0.1, 0.15) is 24.5 Å². The molecule has 6 heteroatoms. The van der Waals surface area contributed by atoms with E-state index in [2.05, 4.69) is 10.3 Å². The van der Waals surface area contributed by atoms with Crippen LogP contribution in [0.4, 0.5) is 0 Å². The number of aromatic hydroxyl groups is 1. The lowest BCUT2D eigenvalue weighted by Gasteiger charge is -2.12. The Labute approximate surface area is 157 Å². The second-order valence-electron chi connectivity index (χ2n) is 6.02. The molecule has 0 saturated carbocycles. The summed E-state index contributed by atoms with van der Waals surface area (Å²) >= 11 is 0. The van der Waals surface area contributed by atoms with Gasteiger partial charge in [0.1, 0.15) is 17.9 Å². The van der Waals surface area contributed by atoms with E-state index >= 15 is 0 Å². The number of hydrogen-bond donors (Lipinski definition) is 1. The summed E-state index contributed by atoms with van der Waals surface area (Å²) in [5, 5.41) is 19.1. The van der Waals surface area contributed by atoms with Crippen molar-refractivity contribution in [2.75, 3.05) is 0 Å². The van der Waals surface area contributed by atoms with Gasteiger partial charge in [-0.15, -0.1) is 0 Å². The highest BCUT2D eigenvalue weighted by molar-refractivity contribution is 6.03. The second-order valence-corrected chi connectivity index (χ2v) is 6.02. The Morgan fingerprint density at radius 1 is 1.11 bits per heavy atom. The summed E-state index contributed by atoms with van der Waals surface area (Å²) < 4.78 is 1.21. The second kappa shape index (κ2) is 8.31. The lowest BCUT2D eigenvalue weighted by Crippen LogP contribution is -2.27. The van der Waals surface area contributed by atoms with Crippen molar-refractivity contribution in [1.82, 2.24) is 9.78 Å². The summed E-state index contributed by atoms with van der Waals surface area (Å²) in [6, 6.07) is 18.8. The molecular formula is C21H21N3O3. The molecule has 0 aliphatic carbocycles. The van der Waals surface area contributed by atoms with Gasteiger partial charge in [-0.3, -0.25) is 4.79 Å². The van der Waals surface area contributed by atoms with Gasteiger partial charge in [-0.2, -0.15) is 5.10 Å². The van der Waals surface area contributed by atoms with Gasteiger partial charge in [0, 0.05) is 12.6 Å². The van der Waals surface area contributed by atoms with E-state index in [9.17, 15) is 9.90 Å². The zero-order valence-corrected chi connectivity index (χ0v) is 15.3. The van der Waals surface area contributed by atoms with E-state index in [1.54, 1.807) is 7.05 Å². The van der Waals surface area contributed by atoms with E-state index < -0.39 is 5.56 Å². The van der Waals surface area contributed by atoms with Crippen molar-refractivity contribution in [1.29, 1.82) is 0 Å². The van der Waals surface area contributed by atoms with Gasteiger partial charge in [0.15, 0.2) is 5.75 Å². The molecule has 0 unspecified atom stereocenters. The number of aryl methyl sites for hydroxylation is 1. The van der Waals surface area contributed by atoms with E-state index in [1.165, 1.54) is 4.68 Å². The molecule has 0 saturated heterocycles. The van der Waals surface area contributed by atoms with E-state index in [4.69, 9.17) is 4.84 Å². The van der Waals surface area contributed by atoms with Crippen molar-refractivity contribution in [2.45, 2.75) is 20.0 Å². The van der Waals surface area contributed by atoms with Crippen molar-refractivity contribution in [3.63, 3.8) is 0 Å². The Kier molecular flexibility index (Phi) is 5.66.